The highest BCUT2D eigenvalue weighted by Crippen LogP contribution is 1.89. The summed E-state index contributed by atoms with van der Waals surface area (Å²) in [6.45, 7) is 0.687. The molecule has 4 heteroatoms. The first-order valence-corrected chi connectivity index (χ1v) is 3.11. The van der Waals surface area contributed by atoms with Gasteiger partial charge in [0.1, 0.15) is 0 Å². The smallest absolute Gasteiger partial charge is 0.0776 e. The Morgan fingerprint density at radius 1 is 1.80 bits per heavy atom. The Balaban J connectivity index is 3.36. The van der Waals surface area contributed by atoms with Crippen molar-refractivity contribution in [1.29, 1.82) is 5.41 Å². The van der Waals surface area contributed by atoms with Crippen LogP contribution in [0, 0.1) is 5.41 Å². The van der Waals surface area contributed by atoms with Gasteiger partial charge in [-0.3, -0.25) is 0 Å². The first-order valence-electron chi connectivity index (χ1n) is 3.11. The molecule has 58 valence electrons. The largest absolute Gasteiger partial charge is 0.385 e. The van der Waals surface area contributed by atoms with Crippen LogP contribution >= 0.6 is 0 Å². The lowest BCUT2D eigenvalue weighted by Crippen LogP contribution is -2.04. The number of nitrogens with zero attached hydrogens (tertiary/aromatic N) is 1. The van der Waals surface area contributed by atoms with E-state index in [1.54, 1.807) is 7.11 Å². The minimum absolute atomic E-state index is 0.608. The average Bonchev–Trinajstić information content (AvgIpc) is 1.99. The van der Waals surface area contributed by atoms with E-state index < -0.39 is 0 Å². The molecule has 0 aliphatic rings. The second-order valence-corrected chi connectivity index (χ2v) is 1.86. The molecule has 0 atom stereocenters. The minimum Gasteiger partial charge on any atom is -0.385 e. The van der Waals surface area contributed by atoms with Crippen LogP contribution in [0.4, 0.5) is 0 Å². The van der Waals surface area contributed by atoms with Crippen LogP contribution in [-0.4, -0.2) is 25.6 Å². The molecular formula is C6H13N3O. The molecule has 0 aliphatic carbocycles. The van der Waals surface area contributed by atoms with E-state index in [1.807, 2.05) is 0 Å². The zero-order chi connectivity index (χ0) is 7.82. The molecule has 10 heavy (non-hydrogen) atoms. The van der Waals surface area contributed by atoms with Gasteiger partial charge in [0.2, 0.25) is 0 Å². The molecule has 0 aromatic rings. The predicted octanol–water partition coefficient (Wildman–Crippen LogP) is 0.377. The Morgan fingerprint density at radius 2 is 2.50 bits per heavy atom. The molecule has 0 aliphatic heterocycles. The molecule has 0 amide bonds. The van der Waals surface area contributed by atoms with E-state index >= 15 is 0 Å². The number of methoxy groups -OCH3 is 1. The first-order chi connectivity index (χ1) is 4.85. The standard InChI is InChI=1S/C6H13N3O/c1-10-4-2-3-6(5-7)9-8/h5,7H,2-4,8H2,1H3/b7-5?,9-6-. The van der Waals surface area contributed by atoms with Gasteiger partial charge in [0.15, 0.2) is 0 Å². The van der Waals surface area contributed by atoms with Gasteiger partial charge < -0.3 is 16.0 Å². The normalized spacial score (nSPS) is 11.5. The summed E-state index contributed by atoms with van der Waals surface area (Å²) >= 11 is 0. The predicted molar refractivity (Wildman–Crippen MR) is 41.5 cm³/mol. The molecule has 0 aromatic heterocycles. The quantitative estimate of drug-likeness (QED) is 0.253. The van der Waals surface area contributed by atoms with E-state index in [0.29, 0.717) is 18.7 Å². The Morgan fingerprint density at radius 3 is 2.90 bits per heavy atom. The monoisotopic (exact) mass is 143 g/mol. The number of nitrogens with two attached hydrogens (primary N) is 1. The van der Waals surface area contributed by atoms with Crippen LogP contribution in [0.2, 0.25) is 0 Å². The van der Waals surface area contributed by atoms with Gasteiger partial charge in [-0.15, -0.1) is 0 Å². The van der Waals surface area contributed by atoms with E-state index in [9.17, 15) is 0 Å². The molecule has 0 heterocycles. The first kappa shape index (κ1) is 9.10. The maximum atomic E-state index is 6.82. The zero-order valence-electron chi connectivity index (χ0n) is 6.13. The van der Waals surface area contributed by atoms with Crippen LogP contribution in [0.15, 0.2) is 5.10 Å². The van der Waals surface area contributed by atoms with Crippen molar-refractivity contribution in [1.82, 2.24) is 0 Å². The highest BCUT2D eigenvalue weighted by atomic mass is 16.5. The van der Waals surface area contributed by atoms with Crippen molar-refractivity contribution in [2.24, 2.45) is 10.9 Å². The van der Waals surface area contributed by atoms with Crippen molar-refractivity contribution in [3.8, 4) is 0 Å². The number of hydrogen-bond acceptors (Lipinski definition) is 4. The number of ether oxygens (including phenoxy) is 1. The molecule has 0 aromatic carbocycles. The van der Waals surface area contributed by atoms with Crippen molar-refractivity contribution in [3.05, 3.63) is 0 Å². The fourth-order valence-electron chi connectivity index (χ4n) is 0.572. The fraction of sp³-hybridized carbons (Fsp3) is 0.667. The lowest BCUT2D eigenvalue weighted by molar-refractivity contribution is 0.197. The van der Waals surface area contributed by atoms with Gasteiger partial charge in [-0.25, -0.2) is 0 Å². The van der Waals surface area contributed by atoms with Crippen molar-refractivity contribution in [2.45, 2.75) is 12.8 Å². The molecule has 0 rings (SSSR count). The second kappa shape index (κ2) is 6.22. The molecule has 0 spiro atoms. The van der Waals surface area contributed by atoms with Crippen molar-refractivity contribution >= 4 is 11.9 Å². The summed E-state index contributed by atoms with van der Waals surface area (Å²) < 4.78 is 4.81. The summed E-state index contributed by atoms with van der Waals surface area (Å²) in [5.74, 6) is 4.96. The van der Waals surface area contributed by atoms with Gasteiger partial charge in [-0.05, 0) is 12.8 Å². The third-order valence-electron chi connectivity index (χ3n) is 1.11. The molecule has 3 N–H and O–H groups in total. The van der Waals surface area contributed by atoms with Crippen LogP contribution in [0.25, 0.3) is 0 Å². The Hall–Kier alpha value is -0.900. The van der Waals surface area contributed by atoms with E-state index in [4.69, 9.17) is 16.0 Å². The number of hydrogen-bond donors (Lipinski definition) is 2. The lowest BCUT2D eigenvalue weighted by atomic mass is 10.2. The molecule has 0 saturated heterocycles. The third-order valence-corrected chi connectivity index (χ3v) is 1.11. The van der Waals surface area contributed by atoms with E-state index in [0.717, 1.165) is 12.6 Å². The highest BCUT2D eigenvalue weighted by molar-refractivity contribution is 6.29. The van der Waals surface area contributed by atoms with Gasteiger partial charge in [-0.1, -0.05) is 0 Å². The molecule has 4 nitrogen and oxygen atoms in total. The SMILES string of the molecule is COCCC/C(C=N)=N/N. The summed E-state index contributed by atoms with van der Waals surface area (Å²) in [5.41, 5.74) is 0.608. The second-order valence-electron chi connectivity index (χ2n) is 1.86. The minimum atomic E-state index is 0.608. The van der Waals surface area contributed by atoms with E-state index in [2.05, 4.69) is 5.10 Å². The molecule has 0 unspecified atom stereocenters. The van der Waals surface area contributed by atoms with Crippen molar-refractivity contribution in [2.75, 3.05) is 13.7 Å². The summed E-state index contributed by atoms with van der Waals surface area (Å²) in [4.78, 5) is 0. The van der Waals surface area contributed by atoms with E-state index in [-0.39, 0.29) is 0 Å². The van der Waals surface area contributed by atoms with Gasteiger partial charge in [0.05, 0.1) is 5.71 Å². The van der Waals surface area contributed by atoms with Gasteiger partial charge >= 0.3 is 0 Å². The Kier molecular flexibility index (Phi) is 5.66. The van der Waals surface area contributed by atoms with Gasteiger partial charge in [0, 0.05) is 19.9 Å². The van der Waals surface area contributed by atoms with Crippen LogP contribution in [0.1, 0.15) is 12.8 Å². The maximum Gasteiger partial charge on any atom is 0.0776 e. The maximum absolute atomic E-state index is 6.82. The number of hydrazone groups is 1. The summed E-state index contributed by atoms with van der Waals surface area (Å²) in [5, 5.41) is 10.2. The Labute approximate surface area is 60.6 Å². The highest BCUT2D eigenvalue weighted by Gasteiger charge is 1.92. The molecule has 0 radical (unpaired) electrons. The fourth-order valence-corrected chi connectivity index (χ4v) is 0.572. The van der Waals surface area contributed by atoms with Crippen LogP contribution in [0.5, 0.6) is 0 Å². The molecule has 0 bridgehead atoms. The molecular weight excluding hydrogens is 130 g/mol. The Bertz CT molecular complexity index is 122. The lowest BCUT2D eigenvalue weighted by Gasteiger charge is -1.96. The van der Waals surface area contributed by atoms with Crippen LogP contribution in [-0.2, 0) is 4.74 Å². The van der Waals surface area contributed by atoms with Crippen molar-refractivity contribution < 1.29 is 4.74 Å². The van der Waals surface area contributed by atoms with Gasteiger partial charge in [-0.2, -0.15) is 5.10 Å². The van der Waals surface area contributed by atoms with Crippen LogP contribution < -0.4 is 5.84 Å². The average molecular weight is 143 g/mol. The molecule has 0 saturated carbocycles. The van der Waals surface area contributed by atoms with Crippen LogP contribution in [0.3, 0.4) is 0 Å². The zero-order valence-corrected chi connectivity index (χ0v) is 6.13. The summed E-state index contributed by atoms with van der Waals surface area (Å²) in [6.07, 6.45) is 2.74. The van der Waals surface area contributed by atoms with Crippen molar-refractivity contribution in [3.63, 3.8) is 0 Å². The summed E-state index contributed by atoms with van der Waals surface area (Å²) in [7, 11) is 1.64. The topological polar surface area (TPSA) is 71.5 Å². The molecule has 0 fully saturated rings. The number of nitrogens with one attached hydrogen (secondary N) is 1. The van der Waals surface area contributed by atoms with E-state index in [1.165, 1.54) is 0 Å². The van der Waals surface area contributed by atoms with Gasteiger partial charge in [0.25, 0.3) is 0 Å². The number of rotatable bonds is 5. The third kappa shape index (κ3) is 4.03. The summed E-state index contributed by atoms with van der Waals surface area (Å²) in [6, 6.07) is 0.